The number of phenolic OH excluding ortho intramolecular Hbond substituents is 1. The number of rotatable bonds is 4. The number of carbonyl (C=O) groups excluding carboxylic acids is 1. The normalized spacial score (nSPS) is 12.1. The van der Waals surface area contributed by atoms with Crippen LogP contribution in [-0.2, 0) is 0 Å². The van der Waals surface area contributed by atoms with Crippen molar-refractivity contribution in [3.8, 4) is 15.6 Å². The Morgan fingerprint density at radius 2 is 2.04 bits per heavy atom. The third-order valence-corrected chi connectivity index (χ3v) is 6.04. The van der Waals surface area contributed by atoms with E-state index in [9.17, 15) is 9.90 Å². The van der Waals surface area contributed by atoms with Crippen LogP contribution in [0.25, 0.3) is 9.88 Å². The minimum atomic E-state index is -0.264. The molecule has 0 aliphatic carbocycles. The fraction of sp³-hybridized carbons (Fsp3) is 0.176. The van der Waals surface area contributed by atoms with E-state index in [2.05, 4.69) is 4.98 Å². The zero-order chi connectivity index (χ0) is 17.3. The van der Waals surface area contributed by atoms with Crippen LogP contribution in [-0.4, -0.2) is 27.9 Å². The van der Waals surface area contributed by atoms with Gasteiger partial charge in [0.15, 0.2) is 0 Å². The number of thiazole rings is 1. The maximum Gasteiger partial charge on any atom is 0.273 e. The first kappa shape index (κ1) is 17.0. The summed E-state index contributed by atoms with van der Waals surface area (Å²) in [5.41, 5.74) is 1.10. The zero-order valence-electron chi connectivity index (χ0n) is 13.1. The lowest BCUT2D eigenvalue weighted by Gasteiger charge is -2.25. The lowest BCUT2D eigenvalue weighted by atomic mass is 10.1. The highest BCUT2D eigenvalue weighted by atomic mass is 35.5. The van der Waals surface area contributed by atoms with Gasteiger partial charge in [-0.1, -0.05) is 29.8 Å². The van der Waals surface area contributed by atoms with E-state index < -0.39 is 0 Å². The number of thiophene rings is 1. The molecule has 7 heteroatoms. The van der Waals surface area contributed by atoms with E-state index in [0.717, 1.165) is 9.88 Å². The van der Waals surface area contributed by atoms with Gasteiger partial charge in [0.25, 0.3) is 5.91 Å². The molecule has 24 heavy (non-hydrogen) atoms. The summed E-state index contributed by atoms with van der Waals surface area (Å²) in [6.45, 7) is 1.87. The number of para-hydroxylation sites is 1. The lowest BCUT2D eigenvalue weighted by Crippen LogP contribution is -2.29. The van der Waals surface area contributed by atoms with E-state index in [-0.39, 0.29) is 17.7 Å². The van der Waals surface area contributed by atoms with Gasteiger partial charge in [0.2, 0.25) is 0 Å². The highest BCUT2D eigenvalue weighted by Gasteiger charge is 2.23. The van der Waals surface area contributed by atoms with E-state index in [1.165, 1.54) is 22.7 Å². The fourth-order valence-electron chi connectivity index (χ4n) is 2.32. The van der Waals surface area contributed by atoms with Crippen LogP contribution >= 0.6 is 34.3 Å². The standard InChI is InChI=1S/C17H15ClN2O2S2/c1-10(11-5-3-4-6-13(11)21)20(2)17(22)12-9-23-16(19-12)14-7-8-15(18)24-14/h3-10,21H,1-2H3. The van der Waals surface area contributed by atoms with Gasteiger partial charge >= 0.3 is 0 Å². The number of carbonyl (C=O) groups is 1. The van der Waals surface area contributed by atoms with Crippen LogP contribution in [0.2, 0.25) is 4.34 Å². The van der Waals surface area contributed by atoms with Gasteiger partial charge in [-0.15, -0.1) is 22.7 Å². The van der Waals surface area contributed by atoms with E-state index in [0.29, 0.717) is 15.6 Å². The molecule has 2 aromatic heterocycles. The van der Waals surface area contributed by atoms with Gasteiger partial charge in [-0.05, 0) is 25.1 Å². The van der Waals surface area contributed by atoms with Crippen LogP contribution < -0.4 is 0 Å². The van der Waals surface area contributed by atoms with E-state index in [4.69, 9.17) is 11.6 Å². The summed E-state index contributed by atoms with van der Waals surface area (Å²) in [7, 11) is 1.71. The third-order valence-electron chi connectivity index (χ3n) is 3.80. The molecule has 0 saturated heterocycles. The van der Waals surface area contributed by atoms with Crippen molar-refractivity contribution in [2.75, 3.05) is 7.05 Å². The number of phenols is 1. The summed E-state index contributed by atoms with van der Waals surface area (Å²) in [6, 6.07) is 10.5. The second-order valence-corrected chi connectivity index (χ2v) is 7.87. The summed E-state index contributed by atoms with van der Waals surface area (Å²) >= 11 is 8.80. The molecule has 3 aromatic rings. The average molecular weight is 379 g/mol. The first-order chi connectivity index (χ1) is 11.5. The van der Waals surface area contributed by atoms with Crippen molar-refractivity contribution in [3.63, 3.8) is 0 Å². The highest BCUT2D eigenvalue weighted by molar-refractivity contribution is 7.23. The molecule has 1 amide bonds. The minimum absolute atomic E-state index is 0.178. The number of hydrogen-bond acceptors (Lipinski definition) is 5. The predicted octanol–water partition coefficient (Wildman–Crippen LogP) is 5.06. The van der Waals surface area contributed by atoms with E-state index in [1.807, 2.05) is 31.2 Å². The molecule has 1 atom stereocenters. The van der Waals surface area contributed by atoms with Gasteiger partial charge in [-0.25, -0.2) is 4.98 Å². The quantitative estimate of drug-likeness (QED) is 0.690. The monoisotopic (exact) mass is 378 g/mol. The Hall–Kier alpha value is -1.89. The van der Waals surface area contributed by atoms with Crippen molar-refractivity contribution in [1.82, 2.24) is 9.88 Å². The number of nitrogens with zero attached hydrogens (tertiary/aromatic N) is 2. The van der Waals surface area contributed by atoms with Crippen molar-refractivity contribution < 1.29 is 9.90 Å². The Morgan fingerprint density at radius 3 is 2.71 bits per heavy atom. The Labute approximate surface area is 153 Å². The predicted molar refractivity (Wildman–Crippen MR) is 99.1 cm³/mol. The van der Waals surface area contributed by atoms with Crippen molar-refractivity contribution in [3.05, 3.63) is 57.4 Å². The van der Waals surface area contributed by atoms with Gasteiger partial charge in [0, 0.05) is 18.0 Å². The summed E-state index contributed by atoms with van der Waals surface area (Å²) in [5, 5.41) is 12.5. The molecular formula is C17H15ClN2O2S2. The molecule has 1 unspecified atom stereocenters. The van der Waals surface area contributed by atoms with Crippen LogP contribution in [0.1, 0.15) is 29.0 Å². The summed E-state index contributed by atoms with van der Waals surface area (Å²) in [6.07, 6.45) is 0. The van der Waals surface area contributed by atoms with Gasteiger partial charge in [-0.3, -0.25) is 4.79 Å². The van der Waals surface area contributed by atoms with Crippen LogP contribution in [0.5, 0.6) is 5.75 Å². The summed E-state index contributed by atoms with van der Waals surface area (Å²) in [5.74, 6) is -0.00671. The number of aromatic hydroxyl groups is 1. The average Bonchev–Trinajstić information content (AvgIpc) is 3.22. The van der Waals surface area contributed by atoms with E-state index >= 15 is 0 Å². The number of aromatic nitrogens is 1. The van der Waals surface area contributed by atoms with Crippen molar-refractivity contribution in [2.45, 2.75) is 13.0 Å². The lowest BCUT2D eigenvalue weighted by molar-refractivity contribution is 0.0736. The summed E-state index contributed by atoms with van der Waals surface area (Å²) < 4.78 is 0.693. The molecule has 3 rings (SSSR count). The Bertz CT molecular complexity index is 875. The molecule has 0 aliphatic rings. The Kier molecular flexibility index (Phi) is 4.89. The second kappa shape index (κ2) is 6.93. The molecule has 0 radical (unpaired) electrons. The SMILES string of the molecule is CC(c1ccccc1O)N(C)C(=O)c1csc(-c2ccc(Cl)s2)n1. The Balaban J connectivity index is 1.81. The van der Waals surface area contributed by atoms with Crippen molar-refractivity contribution in [1.29, 1.82) is 0 Å². The first-order valence-electron chi connectivity index (χ1n) is 7.23. The molecule has 0 spiro atoms. The molecule has 0 bridgehead atoms. The number of amides is 1. The highest BCUT2D eigenvalue weighted by Crippen LogP contribution is 2.34. The van der Waals surface area contributed by atoms with Crippen LogP contribution in [0, 0.1) is 0 Å². The largest absolute Gasteiger partial charge is 0.508 e. The molecule has 2 heterocycles. The van der Waals surface area contributed by atoms with Crippen LogP contribution in [0.15, 0.2) is 41.8 Å². The molecule has 1 aromatic carbocycles. The molecule has 124 valence electrons. The number of halogens is 1. The summed E-state index contributed by atoms with van der Waals surface area (Å²) in [4.78, 5) is 19.6. The molecule has 4 nitrogen and oxygen atoms in total. The maximum atomic E-state index is 12.7. The fourth-order valence-corrected chi connectivity index (χ4v) is 4.23. The van der Waals surface area contributed by atoms with Crippen LogP contribution in [0.3, 0.4) is 0 Å². The van der Waals surface area contributed by atoms with Gasteiger partial charge < -0.3 is 10.0 Å². The number of hydrogen-bond donors (Lipinski definition) is 1. The number of benzene rings is 1. The van der Waals surface area contributed by atoms with E-state index in [1.54, 1.807) is 29.5 Å². The second-order valence-electron chi connectivity index (χ2n) is 5.29. The van der Waals surface area contributed by atoms with Crippen molar-refractivity contribution >= 4 is 40.2 Å². The molecule has 1 N–H and O–H groups in total. The molecule has 0 aliphatic heterocycles. The molecular weight excluding hydrogens is 364 g/mol. The maximum absolute atomic E-state index is 12.7. The van der Waals surface area contributed by atoms with Gasteiger partial charge in [-0.2, -0.15) is 0 Å². The van der Waals surface area contributed by atoms with Crippen molar-refractivity contribution in [2.24, 2.45) is 0 Å². The third kappa shape index (κ3) is 3.31. The zero-order valence-corrected chi connectivity index (χ0v) is 15.5. The van der Waals surface area contributed by atoms with Gasteiger partial charge in [0.05, 0.1) is 15.3 Å². The molecule has 0 saturated carbocycles. The first-order valence-corrected chi connectivity index (χ1v) is 9.31. The smallest absolute Gasteiger partial charge is 0.273 e. The molecule has 0 fully saturated rings. The Morgan fingerprint density at radius 1 is 1.29 bits per heavy atom. The topological polar surface area (TPSA) is 53.4 Å². The minimum Gasteiger partial charge on any atom is -0.508 e. The van der Waals surface area contributed by atoms with Crippen LogP contribution in [0.4, 0.5) is 0 Å². The van der Waals surface area contributed by atoms with Gasteiger partial charge in [0.1, 0.15) is 16.5 Å².